The summed E-state index contributed by atoms with van der Waals surface area (Å²) in [6, 6.07) is 7.75. The predicted octanol–water partition coefficient (Wildman–Crippen LogP) is 3.15. The molecule has 0 unspecified atom stereocenters. The number of amides is 1. The number of aromatic nitrogens is 2. The molecule has 0 N–H and O–H groups in total. The van der Waals surface area contributed by atoms with Crippen molar-refractivity contribution >= 4 is 26.8 Å². The number of fused-ring (bicyclic) bond motifs is 1. The maximum atomic E-state index is 13.0. The van der Waals surface area contributed by atoms with E-state index in [0.29, 0.717) is 5.82 Å². The minimum atomic E-state index is -3.24. The summed E-state index contributed by atoms with van der Waals surface area (Å²) in [6.07, 6.45) is 9.38. The van der Waals surface area contributed by atoms with Gasteiger partial charge in [-0.15, -0.1) is 0 Å². The lowest BCUT2D eigenvalue weighted by Crippen LogP contribution is -2.39. The van der Waals surface area contributed by atoms with Gasteiger partial charge in [0, 0.05) is 19.3 Å². The van der Waals surface area contributed by atoms with E-state index in [2.05, 4.69) is 4.98 Å². The Balaban J connectivity index is 1.83. The number of likely N-dealkylation sites (N-methyl/N-ethyl adjacent to an activating group) is 1. The smallest absolute Gasteiger partial charge is 0.242 e. The molecule has 1 aromatic heterocycles. The summed E-state index contributed by atoms with van der Waals surface area (Å²) in [7, 11) is -1.36. The van der Waals surface area contributed by atoms with Gasteiger partial charge in [-0.25, -0.2) is 13.4 Å². The molecule has 1 fully saturated rings. The van der Waals surface area contributed by atoms with Crippen LogP contribution in [0.3, 0.4) is 0 Å². The number of benzene rings is 1. The SMILES string of the molecule is CN(C(=O)Cn1c(CS(C)(=O)=O)nc2ccccc21)C1CCCCCCC1. The molecule has 1 saturated carbocycles. The number of rotatable bonds is 5. The predicted molar refractivity (Wildman–Crippen MR) is 107 cm³/mol. The number of nitrogens with zero attached hydrogens (tertiary/aromatic N) is 3. The van der Waals surface area contributed by atoms with Crippen molar-refractivity contribution in [1.82, 2.24) is 14.5 Å². The van der Waals surface area contributed by atoms with E-state index >= 15 is 0 Å². The molecule has 0 bridgehead atoms. The van der Waals surface area contributed by atoms with Gasteiger partial charge < -0.3 is 9.47 Å². The van der Waals surface area contributed by atoms with Gasteiger partial charge in [0.25, 0.3) is 0 Å². The summed E-state index contributed by atoms with van der Waals surface area (Å²) in [5, 5.41) is 0. The molecule has 0 radical (unpaired) electrons. The standard InChI is InChI=1S/C20H29N3O3S/c1-22(16-10-6-4-3-5-7-11-16)20(24)14-23-18-13-9-8-12-17(18)21-19(23)15-27(2,25)26/h8-9,12-13,16H,3-7,10-11,14-15H2,1-2H3. The van der Waals surface area contributed by atoms with Crippen molar-refractivity contribution < 1.29 is 13.2 Å². The highest BCUT2D eigenvalue weighted by Gasteiger charge is 2.23. The van der Waals surface area contributed by atoms with E-state index in [1.807, 2.05) is 36.2 Å². The Morgan fingerprint density at radius 3 is 2.44 bits per heavy atom. The van der Waals surface area contributed by atoms with Gasteiger partial charge in [0.1, 0.15) is 18.1 Å². The molecule has 3 rings (SSSR count). The van der Waals surface area contributed by atoms with Gasteiger partial charge in [0.15, 0.2) is 9.84 Å². The fourth-order valence-corrected chi connectivity index (χ4v) is 4.61. The van der Waals surface area contributed by atoms with Crippen LogP contribution in [-0.2, 0) is 26.9 Å². The van der Waals surface area contributed by atoms with Crippen molar-refractivity contribution in [3.05, 3.63) is 30.1 Å². The normalized spacial score (nSPS) is 16.8. The maximum Gasteiger partial charge on any atom is 0.242 e. The number of hydrogen-bond acceptors (Lipinski definition) is 4. The number of hydrogen-bond donors (Lipinski definition) is 0. The summed E-state index contributed by atoms with van der Waals surface area (Å²) in [5.74, 6) is 0.277. The molecule has 2 aromatic rings. The van der Waals surface area contributed by atoms with Crippen LogP contribution in [0.4, 0.5) is 0 Å². The third-order valence-corrected chi connectivity index (χ3v) is 6.22. The zero-order valence-corrected chi connectivity index (χ0v) is 17.0. The molecule has 0 atom stereocenters. The first-order chi connectivity index (χ1) is 12.8. The minimum Gasteiger partial charge on any atom is -0.341 e. The molecule has 1 aromatic carbocycles. The van der Waals surface area contributed by atoms with Gasteiger partial charge in [-0.1, -0.05) is 44.2 Å². The number of sulfone groups is 1. The monoisotopic (exact) mass is 391 g/mol. The number of para-hydroxylation sites is 2. The second-order valence-electron chi connectivity index (χ2n) is 7.68. The average Bonchev–Trinajstić information content (AvgIpc) is 2.89. The van der Waals surface area contributed by atoms with Gasteiger partial charge in [-0.2, -0.15) is 0 Å². The lowest BCUT2D eigenvalue weighted by Gasteiger charge is -2.30. The van der Waals surface area contributed by atoms with E-state index in [1.54, 1.807) is 4.57 Å². The molecule has 7 heteroatoms. The number of imidazole rings is 1. The van der Waals surface area contributed by atoms with Gasteiger partial charge in [0.05, 0.1) is 11.0 Å². The van der Waals surface area contributed by atoms with Gasteiger partial charge in [0.2, 0.25) is 5.91 Å². The fourth-order valence-electron chi connectivity index (χ4n) is 3.92. The molecule has 6 nitrogen and oxygen atoms in total. The highest BCUT2D eigenvalue weighted by atomic mass is 32.2. The van der Waals surface area contributed by atoms with Crippen LogP contribution in [0.1, 0.15) is 50.8 Å². The number of carbonyl (C=O) groups excluding carboxylic acids is 1. The van der Waals surface area contributed by atoms with Crippen molar-refractivity contribution in [2.24, 2.45) is 0 Å². The fraction of sp³-hybridized carbons (Fsp3) is 0.600. The van der Waals surface area contributed by atoms with Crippen LogP contribution in [0.2, 0.25) is 0 Å². The lowest BCUT2D eigenvalue weighted by molar-refractivity contribution is -0.133. The molecular formula is C20H29N3O3S. The Kier molecular flexibility index (Phi) is 6.19. The van der Waals surface area contributed by atoms with Crippen LogP contribution in [0.5, 0.6) is 0 Å². The second-order valence-corrected chi connectivity index (χ2v) is 9.82. The van der Waals surface area contributed by atoms with E-state index in [1.165, 1.54) is 25.5 Å². The van der Waals surface area contributed by atoms with Crippen LogP contribution in [-0.4, -0.2) is 48.1 Å². The highest BCUT2D eigenvalue weighted by molar-refractivity contribution is 7.89. The summed E-state index contributed by atoms with van der Waals surface area (Å²) >= 11 is 0. The molecule has 27 heavy (non-hydrogen) atoms. The molecule has 0 aliphatic heterocycles. The Hall–Kier alpha value is -1.89. The molecule has 1 aliphatic carbocycles. The minimum absolute atomic E-state index is 0.0125. The van der Waals surface area contributed by atoms with E-state index in [9.17, 15) is 13.2 Å². The first-order valence-electron chi connectivity index (χ1n) is 9.73. The van der Waals surface area contributed by atoms with Crippen molar-refractivity contribution in [1.29, 1.82) is 0 Å². The first-order valence-corrected chi connectivity index (χ1v) is 11.8. The summed E-state index contributed by atoms with van der Waals surface area (Å²) in [6.45, 7) is 0.123. The summed E-state index contributed by atoms with van der Waals surface area (Å²) in [5.41, 5.74) is 1.52. The third-order valence-electron chi connectivity index (χ3n) is 5.43. The summed E-state index contributed by atoms with van der Waals surface area (Å²) in [4.78, 5) is 19.3. The van der Waals surface area contributed by atoms with Crippen molar-refractivity contribution in [2.75, 3.05) is 13.3 Å². The molecule has 0 spiro atoms. The topological polar surface area (TPSA) is 72.3 Å². The largest absolute Gasteiger partial charge is 0.341 e. The van der Waals surface area contributed by atoms with E-state index in [0.717, 1.165) is 36.7 Å². The van der Waals surface area contributed by atoms with Crippen molar-refractivity contribution in [3.63, 3.8) is 0 Å². The highest BCUT2D eigenvalue weighted by Crippen LogP contribution is 2.22. The zero-order chi connectivity index (χ0) is 19.4. The van der Waals surface area contributed by atoms with Crippen LogP contribution in [0, 0.1) is 0 Å². The Morgan fingerprint density at radius 2 is 1.78 bits per heavy atom. The van der Waals surface area contributed by atoms with E-state index in [-0.39, 0.29) is 24.2 Å². The van der Waals surface area contributed by atoms with Crippen molar-refractivity contribution in [3.8, 4) is 0 Å². The van der Waals surface area contributed by atoms with E-state index in [4.69, 9.17) is 0 Å². The molecule has 1 aliphatic rings. The average molecular weight is 392 g/mol. The van der Waals surface area contributed by atoms with Crippen LogP contribution >= 0.6 is 0 Å². The first kappa shape index (κ1) is 19.9. The van der Waals surface area contributed by atoms with Gasteiger partial charge >= 0.3 is 0 Å². The molecule has 0 saturated heterocycles. The zero-order valence-electron chi connectivity index (χ0n) is 16.2. The molecule has 1 amide bonds. The maximum absolute atomic E-state index is 13.0. The number of carbonyl (C=O) groups is 1. The quantitative estimate of drug-likeness (QED) is 0.785. The van der Waals surface area contributed by atoms with Gasteiger partial charge in [-0.3, -0.25) is 4.79 Å². The van der Waals surface area contributed by atoms with Crippen molar-refractivity contribution in [2.45, 2.75) is 63.3 Å². The van der Waals surface area contributed by atoms with Gasteiger partial charge in [-0.05, 0) is 25.0 Å². The van der Waals surface area contributed by atoms with Crippen LogP contribution < -0.4 is 0 Å². The Labute approximate surface area is 161 Å². The Morgan fingerprint density at radius 1 is 1.15 bits per heavy atom. The molecular weight excluding hydrogens is 362 g/mol. The molecule has 1 heterocycles. The Bertz CT molecular complexity index is 896. The third kappa shape index (κ3) is 5.09. The lowest BCUT2D eigenvalue weighted by atomic mass is 9.96. The summed E-state index contributed by atoms with van der Waals surface area (Å²) < 4.78 is 25.4. The van der Waals surface area contributed by atoms with E-state index < -0.39 is 9.84 Å². The van der Waals surface area contributed by atoms with Crippen LogP contribution in [0.15, 0.2) is 24.3 Å². The second kappa shape index (κ2) is 8.42. The van der Waals surface area contributed by atoms with Crippen LogP contribution in [0.25, 0.3) is 11.0 Å². The molecule has 148 valence electrons.